The predicted octanol–water partition coefficient (Wildman–Crippen LogP) is 3.18. The first-order valence-corrected chi connectivity index (χ1v) is 7.69. The summed E-state index contributed by atoms with van der Waals surface area (Å²) in [6.45, 7) is 10.3. The van der Waals surface area contributed by atoms with E-state index in [4.69, 9.17) is 4.52 Å². The fourth-order valence-corrected chi connectivity index (χ4v) is 1.98. The van der Waals surface area contributed by atoms with Crippen LogP contribution in [0.15, 0.2) is 28.8 Å². The Hall–Kier alpha value is -2.21. The normalized spacial score (nSPS) is 12.9. The highest BCUT2D eigenvalue weighted by Gasteiger charge is 2.22. The SMILES string of the molecule is CC(=O)Nc1ccc(CNC(C)c2nc(C(C)(C)C)no2)cc1. The summed E-state index contributed by atoms with van der Waals surface area (Å²) < 4.78 is 5.33. The lowest BCUT2D eigenvalue weighted by molar-refractivity contribution is -0.114. The second-order valence-electron chi connectivity index (χ2n) is 6.69. The number of carbonyl (C=O) groups excluding carboxylic acids is 1. The third-order valence-electron chi connectivity index (χ3n) is 3.37. The van der Waals surface area contributed by atoms with Gasteiger partial charge in [-0.15, -0.1) is 0 Å². The van der Waals surface area contributed by atoms with Crippen molar-refractivity contribution in [1.29, 1.82) is 0 Å². The first-order chi connectivity index (χ1) is 10.8. The predicted molar refractivity (Wildman–Crippen MR) is 89.0 cm³/mol. The third kappa shape index (κ3) is 4.89. The molecule has 2 rings (SSSR count). The second kappa shape index (κ2) is 6.91. The van der Waals surface area contributed by atoms with E-state index < -0.39 is 0 Å². The summed E-state index contributed by atoms with van der Waals surface area (Å²) in [5, 5.41) is 10.1. The molecule has 1 aromatic carbocycles. The molecular weight excluding hydrogens is 292 g/mol. The van der Waals surface area contributed by atoms with Crippen molar-refractivity contribution in [3.05, 3.63) is 41.5 Å². The van der Waals surface area contributed by atoms with Crippen LogP contribution >= 0.6 is 0 Å². The van der Waals surface area contributed by atoms with Gasteiger partial charge in [0.1, 0.15) is 0 Å². The first kappa shape index (κ1) is 17.1. The molecular formula is C17H24N4O2. The van der Waals surface area contributed by atoms with Crippen molar-refractivity contribution in [2.45, 2.75) is 52.6 Å². The Kier molecular flexibility index (Phi) is 5.15. The number of anilines is 1. The lowest BCUT2D eigenvalue weighted by Gasteiger charge is -2.12. The van der Waals surface area contributed by atoms with Crippen LogP contribution in [-0.4, -0.2) is 16.0 Å². The monoisotopic (exact) mass is 316 g/mol. The summed E-state index contributed by atoms with van der Waals surface area (Å²) in [6.07, 6.45) is 0. The molecule has 1 aromatic heterocycles. The molecule has 0 radical (unpaired) electrons. The van der Waals surface area contributed by atoms with Gasteiger partial charge in [0.15, 0.2) is 5.82 Å². The zero-order chi connectivity index (χ0) is 17.0. The van der Waals surface area contributed by atoms with Crippen molar-refractivity contribution >= 4 is 11.6 Å². The molecule has 0 spiro atoms. The van der Waals surface area contributed by atoms with Crippen molar-refractivity contribution in [3.63, 3.8) is 0 Å². The fraction of sp³-hybridized carbons (Fsp3) is 0.471. The number of hydrogen-bond donors (Lipinski definition) is 2. The van der Waals surface area contributed by atoms with Crippen LogP contribution in [0.25, 0.3) is 0 Å². The van der Waals surface area contributed by atoms with E-state index in [-0.39, 0.29) is 17.4 Å². The van der Waals surface area contributed by atoms with Gasteiger partial charge in [-0.1, -0.05) is 38.1 Å². The minimum absolute atomic E-state index is 0.0337. The average Bonchev–Trinajstić information content (AvgIpc) is 2.95. The fourth-order valence-electron chi connectivity index (χ4n) is 1.98. The van der Waals surface area contributed by atoms with E-state index in [9.17, 15) is 4.79 Å². The molecule has 0 aliphatic rings. The van der Waals surface area contributed by atoms with Gasteiger partial charge in [0.2, 0.25) is 11.8 Å². The molecule has 6 heteroatoms. The van der Waals surface area contributed by atoms with E-state index in [1.807, 2.05) is 31.2 Å². The van der Waals surface area contributed by atoms with Gasteiger partial charge in [-0.2, -0.15) is 4.98 Å². The Morgan fingerprint density at radius 1 is 1.26 bits per heavy atom. The van der Waals surface area contributed by atoms with Crippen LogP contribution in [0.5, 0.6) is 0 Å². The molecule has 1 heterocycles. The summed E-state index contributed by atoms with van der Waals surface area (Å²) in [5.74, 6) is 1.22. The minimum atomic E-state index is -0.124. The molecule has 2 aromatic rings. The topological polar surface area (TPSA) is 80.0 Å². The zero-order valence-electron chi connectivity index (χ0n) is 14.3. The molecule has 1 amide bonds. The molecule has 0 bridgehead atoms. The molecule has 2 N–H and O–H groups in total. The molecule has 0 aliphatic heterocycles. The Morgan fingerprint density at radius 2 is 1.91 bits per heavy atom. The number of hydrogen-bond acceptors (Lipinski definition) is 5. The Labute approximate surface area is 136 Å². The first-order valence-electron chi connectivity index (χ1n) is 7.69. The number of benzene rings is 1. The number of rotatable bonds is 5. The summed E-state index contributed by atoms with van der Waals surface area (Å²) in [7, 11) is 0. The Bertz CT molecular complexity index is 656. The van der Waals surface area contributed by atoms with Crippen molar-refractivity contribution in [1.82, 2.24) is 15.5 Å². The lowest BCUT2D eigenvalue weighted by atomic mass is 9.96. The Balaban J connectivity index is 1.92. The van der Waals surface area contributed by atoms with Crippen molar-refractivity contribution in [2.24, 2.45) is 0 Å². The highest BCUT2D eigenvalue weighted by Crippen LogP contribution is 2.21. The number of amides is 1. The summed E-state index contributed by atoms with van der Waals surface area (Å²) in [4.78, 5) is 15.4. The highest BCUT2D eigenvalue weighted by molar-refractivity contribution is 5.88. The lowest BCUT2D eigenvalue weighted by Crippen LogP contribution is -2.19. The molecule has 1 unspecified atom stereocenters. The highest BCUT2D eigenvalue weighted by atomic mass is 16.5. The van der Waals surface area contributed by atoms with Crippen LogP contribution in [0, 0.1) is 0 Å². The Morgan fingerprint density at radius 3 is 2.43 bits per heavy atom. The number of carbonyl (C=O) groups is 1. The summed E-state index contributed by atoms with van der Waals surface area (Å²) in [5.41, 5.74) is 1.78. The van der Waals surface area contributed by atoms with Crippen molar-refractivity contribution < 1.29 is 9.32 Å². The smallest absolute Gasteiger partial charge is 0.243 e. The van der Waals surface area contributed by atoms with E-state index in [1.165, 1.54) is 6.92 Å². The largest absolute Gasteiger partial charge is 0.338 e. The van der Waals surface area contributed by atoms with Gasteiger partial charge < -0.3 is 15.2 Å². The van der Waals surface area contributed by atoms with Crippen molar-refractivity contribution in [2.75, 3.05) is 5.32 Å². The number of nitrogens with zero attached hydrogens (tertiary/aromatic N) is 2. The van der Waals surface area contributed by atoms with Gasteiger partial charge in [-0.25, -0.2) is 0 Å². The molecule has 124 valence electrons. The van der Waals surface area contributed by atoms with Gasteiger partial charge in [0.25, 0.3) is 0 Å². The summed E-state index contributed by atoms with van der Waals surface area (Å²) in [6, 6.07) is 7.67. The maximum Gasteiger partial charge on any atom is 0.243 e. The van der Waals surface area contributed by atoms with Gasteiger partial charge in [-0.05, 0) is 24.6 Å². The van der Waals surface area contributed by atoms with E-state index in [2.05, 4.69) is 41.5 Å². The maximum absolute atomic E-state index is 11.0. The molecule has 0 saturated carbocycles. The van der Waals surface area contributed by atoms with E-state index in [0.717, 1.165) is 11.3 Å². The standard InChI is InChI=1S/C17H24N4O2/c1-11(15-20-16(21-23-15)17(3,4)5)18-10-13-6-8-14(9-7-13)19-12(2)22/h6-9,11,18H,10H2,1-5H3,(H,19,22). The van der Waals surface area contributed by atoms with Gasteiger partial charge in [-0.3, -0.25) is 4.79 Å². The molecule has 0 saturated heterocycles. The van der Waals surface area contributed by atoms with Gasteiger partial charge in [0.05, 0.1) is 6.04 Å². The average molecular weight is 316 g/mol. The molecule has 6 nitrogen and oxygen atoms in total. The summed E-state index contributed by atoms with van der Waals surface area (Å²) >= 11 is 0. The van der Waals surface area contributed by atoms with Crippen LogP contribution < -0.4 is 10.6 Å². The molecule has 0 aliphatic carbocycles. The third-order valence-corrected chi connectivity index (χ3v) is 3.37. The maximum atomic E-state index is 11.0. The van der Waals surface area contributed by atoms with Crippen LogP contribution in [-0.2, 0) is 16.8 Å². The second-order valence-corrected chi connectivity index (χ2v) is 6.69. The van der Waals surface area contributed by atoms with Crippen LogP contribution in [0.4, 0.5) is 5.69 Å². The van der Waals surface area contributed by atoms with Gasteiger partial charge in [0, 0.05) is 24.6 Å². The van der Waals surface area contributed by atoms with E-state index in [1.54, 1.807) is 0 Å². The molecule has 0 fully saturated rings. The zero-order valence-corrected chi connectivity index (χ0v) is 14.3. The quantitative estimate of drug-likeness (QED) is 0.885. The van der Waals surface area contributed by atoms with Crippen molar-refractivity contribution in [3.8, 4) is 0 Å². The van der Waals surface area contributed by atoms with E-state index >= 15 is 0 Å². The van der Waals surface area contributed by atoms with E-state index in [0.29, 0.717) is 18.3 Å². The molecule has 1 atom stereocenters. The van der Waals surface area contributed by atoms with Gasteiger partial charge >= 0.3 is 0 Å². The minimum Gasteiger partial charge on any atom is -0.338 e. The number of nitrogens with one attached hydrogen (secondary N) is 2. The van der Waals surface area contributed by atoms with Crippen LogP contribution in [0.2, 0.25) is 0 Å². The van der Waals surface area contributed by atoms with Crippen LogP contribution in [0.1, 0.15) is 57.9 Å². The molecule has 23 heavy (non-hydrogen) atoms. The number of aromatic nitrogens is 2. The van der Waals surface area contributed by atoms with Crippen LogP contribution in [0.3, 0.4) is 0 Å².